The number of hydrogen-bond acceptors (Lipinski definition) is 5. The summed E-state index contributed by atoms with van der Waals surface area (Å²) in [6.45, 7) is 1.08. The summed E-state index contributed by atoms with van der Waals surface area (Å²) in [6, 6.07) is 17.3. The Morgan fingerprint density at radius 2 is 1.36 bits per heavy atom. The summed E-state index contributed by atoms with van der Waals surface area (Å²) in [5.41, 5.74) is 0.897. The van der Waals surface area contributed by atoms with Gasteiger partial charge in [-0.05, 0) is 59.0 Å². The molecular weight excluding hydrogens is 511 g/mol. The highest BCUT2D eigenvalue weighted by Gasteiger charge is 2.30. The Labute approximate surface area is 219 Å². The van der Waals surface area contributed by atoms with Gasteiger partial charge in [-0.25, -0.2) is 0 Å². The van der Waals surface area contributed by atoms with Crippen molar-refractivity contribution in [2.45, 2.75) is 12.7 Å². The van der Waals surface area contributed by atoms with Crippen LogP contribution in [0.15, 0.2) is 80.7 Å². The smallest absolute Gasteiger partial charge is 0.416 e. The van der Waals surface area contributed by atoms with E-state index in [4.69, 9.17) is 13.9 Å². The number of rotatable bonds is 7. The zero-order valence-electron chi connectivity index (χ0n) is 20.8. The number of nitrogens with zero attached hydrogens (tertiary/aromatic N) is 1. The zero-order chi connectivity index (χ0) is 27.3. The van der Waals surface area contributed by atoms with Crippen molar-refractivity contribution in [1.82, 2.24) is 4.57 Å². The minimum absolute atomic E-state index is 0.113. The molecule has 0 aliphatic rings. The van der Waals surface area contributed by atoms with Crippen LogP contribution >= 0.6 is 0 Å². The molecule has 0 spiro atoms. The van der Waals surface area contributed by atoms with Crippen molar-refractivity contribution in [3.05, 3.63) is 93.0 Å². The average molecular weight is 534 g/mol. The summed E-state index contributed by atoms with van der Waals surface area (Å²) in [7, 11) is 1.56. The topological polar surface area (TPSA) is 70.7 Å². The maximum atomic E-state index is 13.3. The molecule has 198 valence electrons. The van der Waals surface area contributed by atoms with Crippen molar-refractivity contribution in [3.63, 3.8) is 0 Å². The van der Waals surface area contributed by atoms with Crippen LogP contribution in [0.2, 0.25) is 0 Å². The molecule has 9 heteroatoms. The number of hydrogen-bond donors (Lipinski definition) is 0. The van der Waals surface area contributed by atoms with Crippen LogP contribution in [0.25, 0.3) is 54.6 Å². The van der Waals surface area contributed by atoms with E-state index in [0.29, 0.717) is 57.1 Å². The SMILES string of the molecule is COCCOCCn1c(=O)c2ccc3oc4ccc(-c5ccc(C(F)(F)F)cc5)cc4c4ccc(c1=O)c2c34. The maximum absolute atomic E-state index is 13.3. The normalized spacial score (nSPS) is 12.4. The Bertz CT molecular complexity index is 1920. The van der Waals surface area contributed by atoms with Crippen molar-refractivity contribution in [3.8, 4) is 11.1 Å². The van der Waals surface area contributed by atoms with Crippen LogP contribution in [0, 0.1) is 0 Å². The molecular formula is C30H22F3NO5. The molecule has 0 fully saturated rings. The lowest BCUT2D eigenvalue weighted by Gasteiger charge is -2.14. The summed E-state index contributed by atoms with van der Waals surface area (Å²) in [4.78, 5) is 26.7. The summed E-state index contributed by atoms with van der Waals surface area (Å²) in [6.07, 6.45) is -4.41. The van der Waals surface area contributed by atoms with E-state index in [-0.39, 0.29) is 13.2 Å². The van der Waals surface area contributed by atoms with E-state index in [0.717, 1.165) is 22.9 Å². The van der Waals surface area contributed by atoms with Crippen LogP contribution in [0.1, 0.15) is 5.56 Å². The lowest BCUT2D eigenvalue weighted by molar-refractivity contribution is -0.137. The van der Waals surface area contributed by atoms with E-state index in [9.17, 15) is 22.8 Å². The molecule has 0 saturated heterocycles. The molecule has 0 saturated carbocycles. The number of benzene rings is 4. The molecule has 0 atom stereocenters. The summed E-state index contributed by atoms with van der Waals surface area (Å²) < 4.78 is 56.8. The first kappa shape index (κ1) is 25.1. The molecule has 6 rings (SSSR count). The van der Waals surface area contributed by atoms with Gasteiger partial charge in [-0.3, -0.25) is 14.2 Å². The Morgan fingerprint density at radius 1 is 0.718 bits per heavy atom. The van der Waals surface area contributed by atoms with Gasteiger partial charge in [0.25, 0.3) is 11.1 Å². The number of alkyl halides is 3. The van der Waals surface area contributed by atoms with Gasteiger partial charge in [-0.2, -0.15) is 13.2 Å². The number of aromatic nitrogens is 1. The summed E-state index contributed by atoms with van der Waals surface area (Å²) >= 11 is 0. The second-order valence-corrected chi connectivity index (χ2v) is 9.28. The predicted molar refractivity (Wildman–Crippen MR) is 144 cm³/mol. The van der Waals surface area contributed by atoms with Crippen LogP contribution in [-0.2, 0) is 22.2 Å². The minimum Gasteiger partial charge on any atom is -0.456 e. The highest BCUT2D eigenvalue weighted by Crippen LogP contribution is 2.38. The van der Waals surface area contributed by atoms with E-state index in [1.807, 2.05) is 12.1 Å². The molecule has 2 heterocycles. The van der Waals surface area contributed by atoms with Crippen molar-refractivity contribution in [2.24, 2.45) is 0 Å². The van der Waals surface area contributed by atoms with Gasteiger partial charge in [-0.15, -0.1) is 0 Å². The zero-order valence-corrected chi connectivity index (χ0v) is 20.8. The number of pyridine rings is 1. The van der Waals surface area contributed by atoms with Gasteiger partial charge in [0.15, 0.2) is 0 Å². The largest absolute Gasteiger partial charge is 0.456 e. The van der Waals surface area contributed by atoms with Gasteiger partial charge in [0.05, 0.1) is 31.9 Å². The van der Waals surface area contributed by atoms with Crippen LogP contribution < -0.4 is 11.1 Å². The van der Waals surface area contributed by atoms with Gasteiger partial charge in [0.1, 0.15) is 11.2 Å². The van der Waals surface area contributed by atoms with Crippen molar-refractivity contribution >= 4 is 43.5 Å². The van der Waals surface area contributed by atoms with E-state index in [1.165, 1.54) is 16.7 Å². The molecule has 6 aromatic rings. The quantitative estimate of drug-likeness (QED) is 0.139. The highest BCUT2D eigenvalue weighted by atomic mass is 19.4. The molecule has 0 bridgehead atoms. The fourth-order valence-corrected chi connectivity index (χ4v) is 5.10. The Kier molecular flexibility index (Phi) is 6.12. The van der Waals surface area contributed by atoms with E-state index < -0.39 is 22.9 Å². The number of methoxy groups -OCH3 is 1. The van der Waals surface area contributed by atoms with Crippen molar-refractivity contribution < 1.29 is 27.1 Å². The van der Waals surface area contributed by atoms with Gasteiger partial charge in [0, 0.05) is 34.0 Å². The first-order valence-corrected chi connectivity index (χ1v) is 12.3. The molecule has 6 nitrogen and oxygen atoms in total. The molecule has 0 aliphatic heterocycles. The molecule has 39 heavy (non-hydrogen) atoms. The molecule has 0 amide bonds. The van der Waals surface area contributed by atoms with E-state index >= 15 is 0 Å². The number of ether oxygens (including phenoxy) is 2. The number of halogens is 3. The monoisotopic (exact) mass is 533 g/mol. The van der Waals surface area contributed by atoms with Gasteiger partial charge < -0.3 is 13.9 Å². The minimum atomic E-state index is -4.41. The molecule has 0 radical (unpaired) electrons. The summed E-state index contributed by atoms with van der Waals surface area (Å²) in [5.74, 6) is 0. The van der Waals surface area contributed by atoms with Crippen LogP contribution in [0.5, 0.6) is 0 Å². The highest BCUT2D eigenvalue weighted by molar-refractivity contribution is 6.26. The third kappa shape index (κ3) is 4.24. The molecule has 0 unspecified atom stereocenters. The van der Waals surface area contributed by atoms with E-state index in [1.54, 1.807) is 37.4 Å². The third-order valence-corrected chi connectivity index (χ3v) is 7.00. The molecule has 0 aliphatic carbocycles. The van der Waals surface area contributed by atoms with Crippen LogP contribution in [0.4, 0.5) is 13.2 Å². The number of fused-ring (bicyclic) bond motifs is 2. The average Bonchev–Trinajstić information content (AvgIpc) is 2.93. The van der Waals surface area contributed by atoms with Gasteiger partial charge in [-0.1, -0.05) is 24.3 Å². The standard InChI is InChI=1S/C30H22F3NO5/c1-37-14-15-38-13-12-34-28(35)21-8-7-20-23-16-18(17-2-5-19(6-3-17)30(31,32)33)4-10-24(23)39-25-11-9-22(29(34)36)26(21)27(20)25/h2-11,16H,12-15H2,1H3. The lowest BCUT2D eigenvalue weighted by Crippen LogP contribution is -2.34. The second-order valence-electron chi connectivity index (χ2n) is 9.28. The Balaban J connectivity index is 1.51. The second kappa shape index (κ2) is 9.52. The Hall–Kier alpha value is -4.21. The molecule has 4 aromatic carbocycles. The van der Waals surface area contributed by atoms with Crippen molar-refractivity contribution in [2.75, 3.05) is 26.9 Å². The fraction of sp³-hybridized carbons (Fsp3) is 0.200. The fourth-order valence-electron chi connectivity index (χ4n) is 5.10. The third-order valence-electron chi connectivity index (χ3n) is 7.00. The first-order valence-electron chi connectivity index (χ1n) is 12.3. The van der Waals surface area contributed by atoms with Crippen LogP contribution in [-0.4, -0.2) is 31.5 Å². The van der Waals surface area contributed by atoms with Gasteiger partial charge in [0.2, 0.25) is 0 Å². The first-order chi connectivity index (χ1) is 18.8. The van der Waals surface area contributed by atoms with Crippen LogP contribution in [0.3, 0.4) is 0 Å². The van der Waals surface area contributed by atoms with Crippen molar-refractivity contribution in [1.29, 1.82) is 0 Å². The summed E-state index contributed by atoms with van der Waals surface area (Å²) in [5, 5.41) is 3.47. The predicted octanol–water partition coefficient (Wildman–Crippen LogP) is 6.20. The molecule has 0 N–H and O–H groups in total. The maximum Gasteiger partial charge on any atom is 0.416 e. The lowest BCUT2D eigenvalue weighted by atomic mass is 9.95. The molecule has 2 aromatic heterocycles. The van der Waals surface area contributed by atoms with E-state index in [2.05, 4.69) is 0 Å². The Morgan fingerprint density at radius 3 is 2.05 bits per heavy atom. The van der Waals surface area contributed by atoms with Gasteiger partial charge >= 0.3 is 6.18 Å².